The number of halogens is 1. The molecule has 0 spiro atoms. The number of anilines is 1. The van der Waals surface area contributed by atoms with Crippen molar-refractivity contribution < 1.29 is 22.7 Å². The predicted octanol–water partition coefficient (Wildman–Crippen LogP) is 1.99. The summed E-state index contributed by atoms with van der Waals surface area (Å²) in [5, 5.41) is 2.87. The molecule has 2 aromatic carbocycles. The molecule has 24 heavy (non-hydrogen) atoms. The van der Waals surface area contributed by atoms with Gasteiger partial charge in [0, 0.05) is 16.8 Å². The van der Waals surface area contributed by atoms with E-state index in [4.69, 9.17) is 21.1 Å². The lowest BCUT2D eigenvalue weighted by Gasteiger charge is -2.08. The number of benzene rings is 2. The first-order valence-corrected chi connectivity index (χ1v) is 8.75. The van der Waals surface area contributed by atoms with Gasteiger partial charge in [-0.05, 0) is 30.3 Å². The van der Waals surface area contributed by atoms with E-state index in [0.717, 1.165) is 0 Å². The number of carbonyl (C=O) groups excluding carboxylic acids is 1. The second-order valence-corrected chi connectivity index (χ2v) is 7.10. The van der Waals surface area contributed by atoms with Crippen LogP contribution in [0.25, 0.3) is 0 Å². The summed E-state index contributed by atoms with van der Waals surface area (Å²) in [6.07, 6.45) is 0. The van der Waals surface area contributed by atoms with Crippen molar-refractivity contribution in [1.82, 2.24) is 4.72 Å². The van der Waals surface area contributed by atoms with Gasteiger partial charge in [-0.3, -0.25) is 4.79 Å². The first-order valence-electron chi connectivity index (χ1n) is 6.89. The van der Waals surface area contributed by atoms with E-state index in [-0.39, 0.29) is 11.7 Å². The van der Waals surface area contributed by atoms with Crippen molar-refractivity contribution in [2.75, 3.05) is 18.7 Å². The molecule has 0 radical (unpaired) electrons. The SMILES string of the molecule is O=C(CNS(=O)(=O)c1cccc(Cl)c1)Nc1ccc2c(c1)OCO2. The Hall–Kier alpha value is -2.29. The second kappa shape index (κ2) is 6.68. The fraction of sp³-hybridized carbons (Fsp3) is 0.133. The molecule has 0 unspecified atom stereocenters. The van der Waals surface area contributed by atoms with Gasteiger partial charge in [-0.15, -0.1) is 0 Å². The van der Waals surface area contributed by atoms with Crippen LogP contribution in [0.1, 0.15) is 0 Å². The summed E-state index contributed by atoms with van der Waals surface area (Å²) in [5.74, 6) is 0.599. The normalized spacial score (nSPS) is 12.9. The van der Waals surface area contributed by atoms with Gasteiger partial charge in [-0.2, -0.15) is 0 Å². The van der Waals surface area contributed by atoms with Gasteiger partial charge in [0.05, 0.1) is 11.4 Å². The molecule has 0 saturated heterocycles. The lowest BCUT2D eigenvalue weighted by atomic mass is 10.3. The highest BCUT2D eigenvalue weighted by Crippen LogP contribution is 2.34. The summed E-state index contributed by atoms with van der Waals surface area (Å²) in [5.41, 5.74) is 0.478. The number of ether oxygens (including phenoxy) is 2. The summed E-state index contributed by atoms with van der Waals surface area (Å²) < 4.78 is 36.8. The number of amides is 1. The Morgan fingerprint density at radius 1 is 1.12 bits per heavy atom. The van der Waals surface area contributed by atoms with Crippen LogP contribution in [-0.2, 0) is 14.8 Å². The number of hydrogen-bond acceptors (Lipinski definition) is 5. The van der Waals surface area contributed by atoms with Crippen LogP contribution in [0.2, 0.25) is 5.02 Å². The molecule has 0 saturated carbocycles. The molecule has 1 amide bonds. The van der Waals surface area contributed by atoms with Crippen molar-refractivity contribution in [2.24, 2.45) is 0 Å². The minimum absolute atomic E-state index is 0.00844. The van der Waals surface area contributed by atoms with Gasteiger partial charge >= 0.3 is 0 Å². The maximum Gasteiger partial charge on any atom is 0.241 e. The lowest BCUT2D eigenvalue weighted by molar-refractivity contribution is -0.115. The molecule has 0 aromatic heterocycles. The van der Waals surface area contributed by atoms with Gasteiger partial charge in [0.25, 0.3) is 0 Å². The van der Waals surface area contributed by atoms with Crippen molar-refractivity contribution in [1.29, 1.82) is 0 Å². The standard InChI is InChI=1S/C15H13ClN2O5S/c16-10-2-1-3-12(6-10)24(20,21)17-8-15(19)18-11-4-5-13-14(7-11)23-9-22-13/h1-7,17H,8-9H2,(H,18,19). The molecule has 1 heterocycles. The third-order valence-electron chi connectivity index (χ3n) is 3.19. The van der Waals surface area contributed by atoms with Crippen LogP contribution < -0.4 is 19.5 Å². The Morgan fingerprint density at radius 2 is 1.92 bits per heavy atom. The maximum atomic E-state index is 12.1. The van der Waals surface area contributed by atoms with Crippen LogP contribution >= 0.6 is 11.6 Å². The third-order valence-corrected chi connectivity index (χ3v) is 4.82. The van der Waals surface area contributed by atoms with E-state index in [0.29, 0.717) is 22.2 Å². The van der Waals surface area contributed by atoms with Crippen LogP contribution in [0, 0.1) is 0 Å². The van der Waals surface area contributed by atoms with E-state index >= 15 is 0 Å². The molecule has 0 aliphatic carbocycles. The van der Waals surface area contributed by atoms with Crippen molar-refractivity contribution in [3.8, 4) is 11.5 Å². The minimum Gasteiger partial charge on any atom is -0.454 e. The number of fused-ring (bicyclic) bond motifs is 1. The van der Waals surface area contributed by atoms with E-state index < -0.39 is 22.5 Å². The summed E-state index contributed by atoms with van der Waals surface area (Å²) >= 11 is 5.77. The molecule has 2 N–H and O–H groups in total. The van der Waals surface area contributed by atoms with Crippen LogP contribution in [0.4, 0.5) is 5.69 Å². The van der Waals surface area contributed by atoms with E-state index in [1.165, 1.54) is 18.2 Å². The molecular weight excluding hydrogens is 356 g/mol. The monoisotopic (exact) mass is 368 g/mol. The summed E-state index contributed by atoms with van der Waals surface area (Å²) in [6.45, 7) is -0.282. The fourth-order valence-corrected chi connectivity index (χ4v) is 3.34. The van der Waals surface area contributed by atoms with E-state index in [1.54, 1.807) is 24.3 Å². The molecule has 1 aliphatic heterocycles. The Kier molecular flexibility index (Phi) is 4.61. The van der Waals surface area contributed by atoms with E-state index in [9.17, 15) is 13.2 Å². The smallest absolute Gasteiger partial charge is 0.241 e. The number of nitrogens with one attached hydrogen (secondary N) is 2. The van der Waals surface area contributed by atoms with Crippen LogP contribution in [0.5, 0.6) is 11.5 Å². The van der Waals surface area contributed by atoms with Crippen molar-refractivity contribution in [3.05, 3.63) is 47.5 Å². The molecule has 126 valence electrons. The van der Waals surface area contributed by atoms with Gasteiger partial charge in [0.2, 0.25) is 22.7 Å². The largest absolute Gasteiger partial charge is 0.454 e. The zero-order chi connectivity index (χ0) is 17.2. The molecule has 2 aromatic rings. The van der Waals surface area contributed by atoms with Crippen molar-refractivity contribution in [2.45, 2.75) is 4.90 Å². The first kappa shape index (κ1) is 16.6. The van der Waals surface area contributed by atoms with E-state index in [2.05, 4.69) is 10.0 Å². The predicted molar refractivity (Wildman–Crippen MR) is 87.8 cm³/mol. The highest BCUT2D eigenvalue weighted by Gasteiger charge is 2.17. The van der Waals surface area contributed by atoms with Crippen LogP contribution in [0.3, 0.4) is 0 Å². The molecular formula is C15H13ClN2O5S. The summed E-state index contributed by atoms with van der Waals surface area (Å²) in [4.78, 5) is 11.9. The molecule has 0 atom stereocenters. The summed E-state index contributed by atoms with van der Waals surface area (Å²) in [6, 6.07) is 10.7. The lowest BCUT2D eigenvalue weighted by Crippen LogP contribution is -2.32. The zero-order valence-electron chi connectivity index (χ0n) is 12.3. The molecule has 7 nitrogen and oxygen atoms in total. The fourth-order valence-electron chi connectivity index (χ4n) is 2.06. The Bertz CT molecular complexity index is 885. The molecule has 9 heteroatoms. The number of carbonyl (C=O) groups is 1. The van der Waals surface area contributed by atoms with Gasteiger partial charge in [-0.25, -0.2) is 13.1 Å². The first-order chi connectivity index (χ1) is 11.4. The highest BCUT2D eigenvalue weighted by atomic mass is 35.5. The van der Waals surface area contributed by atoms with Gasteiger partial charge in [0.1, 0.15) is 0 Å². The second-order valence-electron chi connectivity index (χ2n) is 4.90. The quantitative estimate of drug-likeness (QED) is 0.841. The van der Waals surface area contributed by atoms with Crippen molar-refractivity contribution >= 4 is 33.2 Å². The molecule has 0 bridgehead atoms. The number of rotatable bonds is 5. The molecule has 1 aliphatic rings. The van der Waals surface area contributed by atoms with Crippen LogP contribution in [0.15, 0.2) is 47.4 Å². The third kappa shape index (κ3) is 3.78. The maximum absolute atomic E-state index is 12.1. The Balaban J connectivity index is 1.61. The number of sulfonamides is 1. The highest BCUT2D eigenvalue weighted by molar-refractivity contribution is 7.89. The van der Waals surface area contributed by atoms with Crippen molar-refractivity contribution in [3.63, 3.8) is 0 Å². The average Bonchev–Trinajstić information content (AvgIpc) is 3.01. The minimum atomic E-state index is -3.82. The summed E-state index contributed by atoms with van der Waals surface area (Å²) in [7, 11) is -3.82. The van der Waals surface area contributed by atoms with E-state index in [1.807, 2.05) is 0 Å². The van der Waals surface area contributed by atoms with Crippen LogP contribution in [-0.4, -0.2) is 27.7 Å². The number of hydrogen-bond donors (Lipinski definition) is 2. The Morgan fingerprint density at radius 3 is 2.71 bits per heavy atom. The van der Waals surface area contributed by atoms with Gasteiger partial charge in [-0.1, -0.05) is 17.7 Å². The zero-order valence-corrected chi connectivity index (χ0v) is 13.9. The molecule has 0 fully saturated rings. The topological polar surface area (TPSA) is 93.7 Å². The average molecular weight is 369 g/mol. The Labute approximate surface area is 143 Å². The molecule has 3 rings (SSSR count). The van der Waals surface area contributed by atoms with Gasteiger partial charge in [0.15, 0.2) is 11.5 Å². The van der Waals surface area contributed by atoms with Gasteiger partial charge < -0.3 is 14.8 Å².